The van der Waals surface area contributed by atoms with E-state index in [1.807, 2.05) is 51.1 Å². The van der Waals surface area contributed by atoms with Gasteiger partial charge in [-0.15, -0.1) is 0 Å². The van der Waals surface area contributed by atoms with Crippen molar-refractivity contribution in [3.63, 3.8) is 0 Å². The summed E-state index contributed by atoms with van der Waals surface area (Å²) in [6, 6.07) is 9.51. The number of hydrogen-bond acceptors (Lipinski definition) is 2. The standard InChI is InChI=1S/C10H14O2.C2H6/c1-8(12-2)10(11)9-6-4-3-5-7-9;1-2/h3-8,10-11H,1-2H3;1-2H3. The molecule has 2 atom stereocenters. The van der Waals surface area contributed by atoms with Crippen LogP contribution in [0.2, 0.25) is 0 Å². The molecule has 0 saturated heterocycles. The van der Waals surface area contributed by atoms with E-state index in [4.69, 9.17) is 4.74 Å². The first kappa shape index (κ1) is 13.1. The first-order valence-electron chi connectivity index (χ1n) is 5.01. The van der Waals surface area contributed by atoms with Gasteiger partial charge in [0.05, 0.1) is 6.10 Å². The van der Waals surface area contributed by atoms with Crippen LogP contribution >= 0.6 is 0 Å². The summed E-state index contributed by atoms with van der Waals surface area (Å²) in [6.45, 7) is 5.84. The first-order valence-corrected chi connectivity index (χ1v) is 5.01. The molecule has 0 spiro atoms. The van der Waals surface area contributed by atoms with Crippen molar-refractivity contribution in [2.75, 3.05) is 7.11 Å². The van der Waals surface area contributed by atoms with E-state index in [9.17, 15) is 5.11 Å². The van der Waals surface area contributed by atoms with Crippen LogP contribution in [0.5, 0.6) is 0 Å². The molecule has 0 aromatic heterocycles. The van der Waals surface area contributed by atoms with Gasteiger partial charge in [-0.05, 0) is 12.5 Å². The van der Waals surface area contributed by atoms with Crippen molar-refractivity contribution in [1.29, 1.82) is 0 Å². The van der Waals surface area contributed by atoms with Crippen molar-refractivity contribution < 1.29 is 9.84 Å². The Morgan fingerprint density at radius 3 is 2.07 bits per heavy atom. The molecule has 2 unspecified atom stereocenters. The maximum absolute atomic E-state index is 9.66. The van der Waals surface area contributed by atoms with Crippen LogP contribution in [0.25, 0.3) is 0 Å². The third-order valence-electron chi connectivity index (χ3n) is 1.96. The van der Waals surface area contributed by atoms with Crippen molar-refractivity contribution >= 4 is 0 Å². The van der Waals surface area contributed by atoms with Crippen LogP contribution in [0.15, 0.2) is 30.3 Å². The molecule has 0 aliphatic heterocycles. The summed E-state index contributed by atoms with van der Waals surface area (Å²) in [4.78, 5) is 0. The molecule has 80 valence electrons. The van der Waals surface area contributed by atoms with Gasteiger partial charge in [-0.1, -0.05) is 44.2 Å². The van der Waals surface area contributed by atoms with Crippen LogP contribution in [-0.4, -0.2) is 18.3 Å². The Morgan fingerprint density at radius 1 is 1.14 bits per heavy atom. The number of aliphatic hydroxyl groups excluding tert-OH is 1. The lowest BCUT2D eigenvalue weighted by molar-refractivity contribution is -0.00142. The Bertz CT molecular complexity index is 221. The van der Waals surface area contributed by atoms with Gasteiger partial charge in [0.25, 0.3) is 0 Å². The molecule has 2 nitrogen and oxygen atoms in total. The first-order chi connectivity index (χ1) is 6.75. The highest BCUT2D eigenvalue weighted by Gasteiger charge is 2.14. The molecule has 2 heteroatoms. The Labute approximate surface area is 86.5 Å². The zero-order valence-corrected chi connectivity index (χ0v) is 9.40. The summed E-state index contributed by atoms with van der Waals surface area (Å²) in [5.74, 6) is 0. The fourth-order valence-corrected chi connectivity index (χ4v) is 1.05. The van der Waals surface area contributed by atoms with Gasteiger partial charge in [-0.25, -0.2) is 0 Å². The van der Waals surface area contributed by atoms with Gasteiger partial charge < -0.3 is 9.84 Å². The van der Waals surface area contributed by atoms with Gasteiger partial charge >= 0.3 is 0 Å². The average molecular weight is 196 g/mol. The summed E-state index contributed by atoms with van der Waals surface area (Å²) >= 11 is 0. The predicted molar refractivity (Wildman–Crippen MR) is 59.2 cm³/mol. The quantitative estimate of drug-likeness (QED) is 0.805. The SMILES string of the molecule is CC.COC(C)C(O)c1ccccc1. The van der Waals surface area contributed by atoms with Crippen LogP contribution < -0.4 is 0 Å². The number of methoxy groups -OCH3 is 1. The normalized spacial score (nSPS) is 13.8. The largest absolute Gasteiger partial charge is 0.386 e. The second kappa shape index (κ2) is 7.54. The number of hydrogen-bond donors (Lipinski definition) is 1. The van der Waals surface area contributed by atoms with E-state index in [0.717, 1.165) is 5.56 Å². The van der Waals surface area contributed by atoms with Crippen molar-refractivity contribution in [2.45, 2.75) is 33.0 Å². The lowest BCUT2D eigenvalue weighted by Gasteiger charge is -2.17. The second-order valence-electron chi connectivity index (χ2n) is 2.80. The number of rotatable bonds is 3. The van der Waals surface area contributed by atoms with Gasteiger partial charge in [0.2, 0.25) is 0 Å². The topological polar surface area (TPSA) is 29.5 Å². The van der Waals surface area contributed by atoms with E-state index in [1.54, 1.807) is 7.11 Å². The van der Waals surface area contributed by atoms with Crippen molar-refractivity contribution in [3.05, 3.63) is 35.9 Å². The molecule has 0 amide bonds. The monoisotopic (exact) mass is 196 g/mol. The maximum Gasteiger partial charge on any atom is 0.105 e. The summed E-state index contributed by atoms with van der Waals surface area (Å²) in [7, 11) is 1.59. The van der Waals surface area contributed by atoms with Gasteiger partial charge in [-0.2, -0.15) is 0 Å². The molecule has 1 aromatic rings. The average Bonchev–Trinajstić information content (AvgIpc) is 2.31. The van der Waals surface area contributed by atoms with Crippen LogP contribution in [0.4, 0.5) is 0 Å². The molecule has 0 fully saturated rings. The fraction of sp³-hybridized carbons (Fsp3) is 0.500. The van der Waals surface area contributed by atoms with E-state index < -0.39 is 6.10 Å². The van der Waals surface area contributed by atoms with Crippen molar-refractivity contribution in [2.24, 2.45) is 0 Å². The molecule has 14 heavy (non-hydrogen) atoms. The fourth-order valence-electron chi connectivity index (χ4n) is 1.05. The Balaban J connectivity index is 0.000000791. The third kappa shape index (κ3) is 3.90. The van der Waals surface area contributed by atoms with Crippen LogP contribution in [-0.2, 0) is 4.74 Å². The molecule has 0 saturated carbocycles. The zero-order valence-electron chi connectivity index (χ0n) is 9.40. The number of benzene rings is 1. The molecule has 1 rings (SSSR count). The predicted octanol–water partition coefficient (Wildman–Crippen LogP) is 2.78. The van der Waals surface area contributed by atoms with Gasteiger partial charge in [-0.3, -0.25) is 0 Å². The molecular weight excluding hydrogens is 176 g/mol. The highest BCUT2D eigenvalue weighted by Crippen LogP contribution is 2.17. The molecule has 0 aliphatic rings. The summed E-state index contributed by atoms with van der Waals surface area (Å²) < 4.78 is 5.02. The molecule has 0 aliphatic carbocycles. The van der Waals surface area contributed by atoms with E-state index in [1.165, 1.54) is 0 Å². The van der Waals surface area contributed by atoms with E-state index in [2.05, 4.69) is 0 Å². The molecule has 0 bridgehead atoms. The highest BCUT2D eigenvalue weighted by molar-refractivity contribution is 5.17. The van der Waals surface area contributed by atoms with E-state index in [-0.39, 0.29) is 6.10 Å². The lowest BCUT2D eigenvalue weighted by atomic mass is 10.1. The van der Waals surface area contributed by atoms with Crippen LogP contribution in [0, 0.1) is 0 Å². The summed E-state index contributed by atoms with van der Waals surface area (Å²) in [5, 5.41) is 9.66. The lowest BCUT2D eigenvalue weighted by Crippen LogP contribution is -2.16. The molecule has 0 heterocycles. The number of ether oxygens (including phenoxy) is 1. The van der Waals surface area contributed by atoms with Gasteiger partial charge in [0.1, 0.15) is 6.10 Å². The third-order valence-corrected chi connectivity index (χ3v) is 1.96. The van der Waals surface area contributed by atoms with Crippen molar-refractivity contribution in [3.8, 4) is 0 Å². The van der Waals surface area contributed by atoms with E-state index in [0.29, 0.717) is 0 Å². The Hall–Kier alpha value is -0.860. The molecular formula is C12H20O2. The molecule has 1 N–H and O–H groups in total. The molecule has 1 aromatic carbocycles. The zero-order chi connectivity index (χ0) is 11.0. The van der Waals surface area contributed by atoms with E-state index >= 15 is 0 Å². The molecule has 0 radical (unpaired) electrons. The number of aliphatic hydroxyl groups is 1. The highest BCUT2D eigenvalue weighted by atomic mass is 16.5. The Kier molecular flexibility index (Phi) is 7.07. The second-order valence-corrected chi connectivity index (χ2v) is 2.80. The Morgan fingerprint density at radius 2 is 1.64 bits per heavy atom. The minimum absolute atomic E-state index is 0.160. The summed E-state index contributed by atoms with van der Waals surface area (Å²) in [5.41, 5.74) is 0.895. The van der Waals surface area contributed by atoms with Gasteiger partial charge in [0.15, 0.2) is 0 Å². The minimum atomic E-state index is -0.531. The smallest absolute Gasteiger partial charge is 0.105 e. The summed E-state index contributed by atoms with van der Waals surface area (Å²) in [6.07, 6.45) is -0.691. The van der Waals surface area contributed by atoms with Crippen molar-refractivity contribution in [1.82, 2.24) is 0 Å². The maximum atomic E-state index is 9.66. The minimum Gasteiger partial charge on any atom is -0.386 e. The van der Waals surface area contributed by atoms with Gasteiger partial charge in [0, 0.05) is 7.11 Å². The van der Waals surface area contributed by atoms with Crippen LogP contribution in [0.3, 0.4) is 0 Å². The van der Waals surface area contributed by atoms with Crippen LogP contribution in [0.1, 0.15) is 32.4 Å².